The second-order valence-corrected chi connectivity index (χ2v) is 6.01. The topological polar surface area (TPSA) is 53.1 Å². The van der Waals surface area contributed by atoms with Crippen molar-refractivity contribution in [3.63, 3.8) is 0 Å². The van der Waals surface area contributed by atoms with Gasteiger partial charge in [-0.05, 0) is 53.0 Å². The number of aromatic nitrogens is 2. The standard InChI is InChI=1S/C15H19BrClN3O/c1-3-12-15(17)13(20(2)19-12)9-21-14-5-4-10(6-7-18)8-11(14)16/h4-5,8H,3,6-7,9,18H2,1-2H3. The van der Waals surface area contributed by atoms with Gasteiger partial charge in [0.15, 0.2) is 0 Å². The van der Waals surface area contributed by atoms with Crippen LogP contribution in [0.5, 0.6) is 5.75 Å². The van der Waals surface area contributed by atoms with Crippen molar-refractivity contribution < 1.29 is 4.74 Å². The number of nitrogens with two attached hydrogens (primary N) is 1. The third-order valence-electron chi connectivity index (χ3n) is 3.30. The summed E-state index contributed by atoms with van der Waals surface area (Å²) in [6.07, 6.45) is 1.66. The van der Waals surface area contributed by atoms with Gasteiger partial charge >= 0.3 is 0 Å². The van der Waals surface area contributed by atoms with Crippen LogP contribution in [0, 0.1) is 0 Å². The van der Waals surface area contributed by atoms with Gasteiger partial charge in [-0.15, -0.1) is 0 Å². The van der Waals surface area contributed by atoms with Crippen molar-refractivity contribution in [2.45, 2.75) is 26.4 Å². The van der Waals surface area contributed by atoms with E-state index in [9.17, 15) is 0 Å². The van der Waals surface area contributed by atoms with E-state index >= 15 is 0 Å². The van der Waals surface area contributed by atoms with Crippen LogP contribution in [0.25, 0.3) is 0 Å². The summed E-state index contributed by atoms with van der Waals surface area (Å²) in [5, 5.41) is 5.07. The number of benzene rings is 1. The van der Waals surface area contributed by atoms with Gasteiger partial charge in [0, 0.05) is 7.05 Å². The molecule has 21 heavy (non-hydrogen) atoms. The van der Waals surface area contributed by atoms with E-state index < -0.39 is 0 Å². The molecule has 0 aliphatic rings. The van der Waals surface area contributed by atoms with E-state index in [0.29, 0.717) is 18.2 Å². The molecule has 4 nitrogen and oxygen atoms in total. The minimum atomic E-state index is 0.386. The highest BCUT2D eigenvalue weighted by Gasteiger charge is 2.14. The van der Waals surface area contributed by atoms with Crippen LogP contribution in [0.4, 0.5) is 0 Å². The molecular weight excluding hydrogens is 354 g/mol. The lowest BCUT2D eigenvalue weighted by atomic mass is 10.1. The van der Waals surface area contributed by atoms with Crippen molar-refractivity contribution in [2.24, 2.45) is 12.8 Å². The van der Waals surface area contributed by atoms with Crippen molar-refractivity contribution >= 4 is 27.5 Å². The number of aryl methyl sites for hydroxylation is 2. The molecule has 0 bridgehead atoms. The van der Waals surface area contributed by atoms with Gasteiger partial charge in [-0.2, -0.15) is 5.10 Å². The van der Waals surface area contributed by atoms with Gasteiger partial charge in [-0.25, -0.2) is 0 Å². The third-order valence-corrected chi connectivity index (χ3v) is 4.35. The van der Waals surface area contributed by atoms with Crippen LogP contribution in [0.3, 0.4) is 0 Å². The number of rotatable bonds is 6. The maximum Gasteiger partial charge on any atom is 0.134 e. The predicted octanol–water partition coefficient (Wildman–Crippen LogP) is 3.48. The van der Waals surface area contributed by atoms with Crippen LogP contribution in [0.1, 0.15) is 23.9 Å². The van der Waals surface area contributed by atoms with Gasteiger partial charge in [0.25, 0.3) is 0 Å². The Kier molecular flexibility index (Phi) is 5.67. The van der Waals surface area contributed by atoms with E-state index in [1.165, 1.54) is 5.56 Å². The lowest BCUT2D eigenvalue weighted by Gasteiger charge is -2.10. The van der Waals surface area contributed by atoms with Crippen molar-refractivity contribution in [3.05, 3.63) is 44.6 Å². The zero-order chi connectivity index (χ0) is 15.4. The molecule has 0 saturated carbocycles. The summed E-state index contributed by atoms with van der Waals surface area (Å²) >= 11 is 9.84. The Morgan fingerprint density at radius 2 is 2.19 bits per heavy atom. The Morgan fingerprint density at radius 1 is 1.43 bits per heavy atom. The monoisotopic (exact) mass is 371 g/mol. The average molecular weight is 373 g/mol. The lowest BCUT2D eigenvalue weighted by Crippen LogP contribution is -2.05. The molecule has 0 aliphatic heterocycles. The first kappa shape index (κ1) is 16.3. The number of halogens is 2. The quantitative estimate of drug-likeness (QED) is 0.844. The van der Waals surface area contributed by atoms with Gasteiger partial charge in [0.05, 0.1) is 20.9 Å². The molecular formula is C15H19BrClN3O. The molecule has 2 aromatic rings. The first-order valence-electron chi connectivity index (χ1n) is 6.88. The molecule has 0 aliphatic carbocycles. The second kappa shape index (κ2) is 7.29. The maximum atomic E-state index is 6.31. The van der Waals surface area contributed by atoms with E-state index in [4.69, 9.17) is 22.1 Å². The van der Waals surface area contributed by atoms with E-state index in [1.807, 2.05) is 32.2 Å². The highest BCUT2D eigenvalue weighted by atomic mass is 79.9. The minimum Gasteiger partial charge on any atom is -0.486 e. The Hall–Kier alpha value is -1.04. The van der Waals surface area contributed by atoms with E-state index in [-0.39, 0.29) is 0 Å². The van der Waals surface area contributed by atoms with Crippen LogP contribution in [0.2, 0.25) is 5.02 Å². The largest absolute Gasteiger partial charge is 0.486 e. The Balaban J connectivity index is 2.11. The molecule has 2 N–H and O–H groups in total. The summed E-state index contributed by atoms with van der Waals surface area (Å²) in [5.41, 5.74) is 8.52. The maximum absolute atomic E-state index is 6.31. The van der Waals surface area contributed by atoms with Crippen LogP contribution in [-0.4, -0.2) is 16.3 Å². The van der Waals surface area contributed by atoms with Crippen molar-refractivity contribution in [1.82, 2.24) is 9.78 Å². The van der Waals surface area contributed by atoms with E-state index in [2.05, 4.69) is 21.0 Å². The molecule has 0 atom stereocenters. The highest BCUT2D eigenvalue weighted by Crippen LogP contribution is 2.28. The molecule has 0 amide bonds. The SMILES string of the molecule is CCc1nn(C)c(COc2ccc(CCN)cc2Br)c1Cl. The van der Waals surface area contributed by atoms with Gasteiger partial charge in [-0.1, -0.05) is 24.6 Å². The summed E-state index contributed by atoms with van der Waals surface area (Å²) in [7, 11) is 1.88. The van der Waals surface area contributed by atoms with Crippen LogP contribution in [0.15, 0.2) is 22.7 Å². The van der Waals surface area contributed by atoms with Crippen molar-refractivity contribution in [3.8, 4) is 5.75 Å². The van der Waals surface area contributed by atoms with E-state index in [0.717, 1.165) is 34.5 Å². The fourth-order valence-corrected chi connectivity index (χ4v) is 3.00. The van der Waals surface area contributed by atoms with Crippen LogP contribution >= 0.6 is 27.5 Å². The Labute approximate surface area is 138 Å². The molecule has 2 rings (SSSR count). The zero-order valence-corrected chi connectivity index (χ0v) is 14.5. The Morgan fingerprint density at radius 3 is 2.76 bits per heavy atom. The first-order chi connectivity index (χ1) is 10.1. The minimum absolute atomic E-state index is 0.386. The molecule has 0 spiro atoms. The van der Waals surface area contributed by atoms with E-state index in [1.54, 1.807) is 4.68 Å². The number of hydrogen-bond acceptors (Lipinski definition) is 3. The normalized spacial score (nSPS) is 10.9. The number of ether oxygens (including phenoxy) is 1. The first-order valence-corrected chi connectivity index (χ1v) is 8.05. The Bertz CT molecular complexity index is 628. The van der Waals surface area contributed by atoms with Gasteiger partial charge in [0.1, 0.15) is 12.4 Å². The van der Waals surface area contributed by atoms with Gasteiger partial charge in [0.2, 0.25) is 0 Å². The molecule has 114 valence electrons. The molecule has 6 heteroatoms. The fraction of sp³-hybridized carbons (Fsp3) is 0.400. The molecule has 0 saturated heterocycles. The molecule has 1 heterocycles. The summed E-state index contributed by atoms with van der Waals surface area (Å²) < 4.78 is 8.55. The molecule has 0 radical (unpaired) electrons. The third kappa shape index (κ3) is 3.78. The van der Waals surface area contributed by atoms with Gasteiger partial charge < -0.3 is 10.5 Å². The second-order valence-electron chi connectivity index (χ2n) is 4.78. The van der Waals surface area contributed by atoms with Crippen LogP contribution in [-0.2, 0) is 26.5 Å². The summed E-state index contributed by atoms with van der Waals surface area (Å²) in [4.78, 5) is 0. The lowest BCUT2D eigenvalue weighted by molar-refractivity contribution is 0.293. The molecule has 0 unspecified atom stereocenters. The summed E-state index contributed by atoms with van der Waals surface area (Å²) in [6.45, 7) is 3.06. The van der Waals surface area contributed by atoms with Gasteiger partial charge in [-0.3, -0.25) is 4.68 Å². The van der Waals surface area contributed by atoms with Crippen molar-refractivity contribution in [1.29, 1.82) is 0 Å². The molecule has 0 fully saturated rings. The predicted molar refractivity (Wildman–Crippen MR) is 88.8 cm³/mol. The number of nitrogens with zero attached hydrogens (tertiary/aromatic N) is 2. The average Bonchev–Trinajstić information content (AvgIpc) is 2.73. The summed E-state index contributed by atoms with van der Waals surface area (Å²) in [6, 6.07) is 6.00. The molecule has 1 aromatic heterocycles. The number of hydrogen-bond donors (Lipinski definition) is 1. The smallest absolute Gasteiger partial charge is 0.134 e. The van der Waals surface area contributed by atoms with Crippen LogP contribution < -0.4 is 10.5 Å². The highest BCUT2D eigenvalue weighted by molar-refractivity contribution is 9.10. The fourth-order valence-electron chi connectivity index (χ4n) is 2.11. The van der Waals surface area contributed by atoms with Crippen molar-refractivity contribution in [2.75, 3.05) is 6.54 Å². The zero-order valence-electron chi connectivity index (χ0n) is 12.2. The molecule has 1 aromatic carbocycles. The summed E-state index contributed by atoms with van der Waals surface area (Å²) in [5.74, 6) is 0.783.